The SMILES string of the molecule is N#CCCNC(=O)CNC1CCOCC1. The zero-order valence-corrected chi connectivity index (χ0v) is 8.79. The molecule has 1 rings (SSSR count). The van der Waals surface area contributed by atoms with Crippen LogP contribution in [0.1, 0.15) is 19.3 Å². The lowest BCUT2D eigenvalue weighted by atomic mass is 10.1. The zero-order valence-electron chi connectivity index (χ0n) is 8.79. The van der Waals surface area contributed by atoms with E-state index in [2.05, 4.69) is 10.6 Å². The van der Waals surface area contributed by atoms with E-state index in [1.165, 1.54) is 0 Å². The van der Waals surface area contributed by atoms with E-state index in [0.29, 0.717) is 25.6 Å². The molecule has 0 bridgehead atoms. The standard InChI is InChI=1S/C10H17N3O2/c11-4-1-5-12-10(14)8-13-9-2-6-15-7-3-9/h9,13H,1-3,5-8H2,(H,12,14). The number of carbonyl (C=O) groups is 1. The third-order valence-electron chi connectivity index (χ3n) is 2.33. The maximum absolute atomic E-state index is 11.2. The van der Waals surface area contributed by atoms with Gasteiger partial charge >= 0.3 is 0 Å². The van der Waals surface area contributed by atoms with Crippen LogP contribution in [0.3, 0.4) is 0 Å². The summed E-state index contributed by atoms with van der Waals surface area (Å²) in [4.78, 5) is 11.2. The molecule has 0 aliphatic carbocycles. The lowest BCUT2D eigenvalue weighted by Crippen LogP contribution is -2.41. The van der Waals surface area contributed by atoms with Gasteiger partial charge in [0.25, 0.3) is 0 Å². The molecule has 1 heterocycles. The smallest absolute Gasteiger partial charge is 0.233 e. The van der Waals surface area contributed by atoms with Crippen molar-refractivity contribution in [1.29, 1.82) is 5.26 Å². The summed E-state index contributed by atoms with van der Waals surface area (Å²) in [5.74, 6) is -0.0447. The lowest BCUT2D eigenvalue weighted by Gasteiger charge is -2.22. The Morgan fingerprint density at radius 3 is 2.87 bits per heavy atom. The molecule has 0 atom stereocenters. The number of nitriles is 1. The first kappa shape index (κ1) is 12.0. The zero-order chi connectivity index (χ0) is 10.9. The fourth-order valence-corrected chi connectivity index (χ4v) is 1.46. The number of hydrogen-bond donors (Lipinski definition) is 2. The quantitative estimate of drug-likeness (QED) is 0.617. The first-order valence-corrected chi connectivity index (χ1v) is 5.27. The molecule has 1 aliphatic heterocycles. The van der Waals surface area contributed by atoms with Gasteiger partial charge in [-0.25, -0.2) is 0 Å². The van der Waals surface area contributed by atoms with Gasteiger partial charge in [0.1, 0.15) is 0 Å². The van der Waals surface area contributed by atoms with Crippen LogP contribution in [0.5, 0.6) is 0 Å². The second-order valence-corrected chi connectivity index (χ2v) is 3.53. The number of carbonyl (C=O) groups excluding carboxylic acids is 1. The van der Waals surface area contributed by atoms with Gasteiger partial charge in [-0.05, 0) is 12.8 Å². The van der Waals surface area contributed by atoms with Gasteiger partial charge in [0.05, 0.1) is 19.0 Å². The van der Waals surface area contributed by atoms with Gasteiger partial charge in [-0.2, -0.15) is 5.26 Å². The maximum Gasteiger partial charge on any atom is 0.233 e. The van der Waals surface area contributed by atoms with Gasteiger partial charge in [0.15, 0.2) is 0 Å². The Balaban J connectivity index is 2.03. The van der Waals surface area contributed by atoms with Crippen molar-refractivity contribution in [2.75, 3.05) is 26.3 Å². The van der Waals surface area contributed by atoms with E-state index in [4.69, 9.17) is 10.00 Å². The minimum Gasteiger partial charge on any atom is -0.381 e. The van der Waals surface area contributed by atoms with Crippen molar-refractivity contribution >= 4 is 5.91 Å². The normalized spacial score (nSPS) is 17.0. The van der Waals surface area contributed by atoms with Gasteiger partial charge in [-0.1, -0.05) is 0 Å². The molecule has 15 heavy (non-hydrogen) atoms. The molecule has 1 saturated heterocycles. The van der Waals surface area contributed by atoms with Crippen LogP contribution in [0.15, 0.2) is 0 Å². The summed E-state index contributed by atoms with van der Waals surface area (Å²) < 4.78 is 5.21. The van der Waals surface area contributed by atoms with Gasteiger partial charge in [0.2, 0.25) is 5.91 Å². The molecule has 2 N–H and O–H groups in total. The highest BCUT2D eigenvalue weighted by molar-refractivity contribution is 5.77. The van der Waals surface area contributed by atoms with Crippen molar-refractivity contribution in [2.24, 2.45) is 0 Å². The Morgan fingerprint density at radius 2 is 2.20 bits per heavy atom. The lowest BCUT2D eigenvalue weighted by molar-refractivity contribution is -0.120. The molecule has 0 radical (unpaired) electrons. The van der Waals surface area contributed by atoms with E-state index in [1.807, 2.05) is 6.07 Å². The molecule has 0 aromatic heterocycles. The van der Waals surface area contributed by atoms with Gasteiger partial charge in [-0.3, -0.25) is 4.79 Å². The predicted octanol–water partition coefficient (Wildman–Crippen LogP) is -0.215. The Kier molecular flexibility index (Phi) is 5.74. The van der Waals surface area contributed by atoms with Crippen molar-refractivity contribution in [2.45, 2.75) is 25.3 Å². The average molecular weight is 211 g/mol. The van der Waals surface area contributed by atoms with Crippen LogP contribution < -0.4 is 10.6 Å². The van der Waals surface area contributed by atoms with Crippen LogP contribution >= 0.6 is 0 Å². The monoisotopic (exact) mass is 211 g/mol. The van der Waals surface area contributed by atoms with E-state index >= 15 is 0 Å². The molecule has 0 aromatic rings. The maximum atomic E-state index is 11.2. The largest absolute Gasteiger partial charge is 0.381 e. The van der Waals surface area contributed by atoms with Crippen LogP contribution in [0, 0.1) is 11.3 Å². The molecule has 0 saturated carbocycles. The third kappa shape index (κ3) is 5.35. The first-order valence-electron chi connectivity index (χ1n) is 5.27. The highest BCUT2D eigenvalue weighted by Gasteiger charge is 2.13. The van der Waals surface area contributed by atoms with E-state index in [1.54, 1.807) is 0 Å². The van der Waals surface area contributed by atoms with Crippen LogP contribution in [0.25, 0.3) is 0 Å². The summed E-state index contributed by atoms with van der Waals surface area (Å²) >= 11 is 0. The first-order chi connectivity index (χ1) is 7.33. The minimum atomic E-state index is -0.0447. The summed E-state index contributed by atoms with van der Waals surface area (Å²) in [5, 5.41) is 14.1. The Hall–Kier alpha value is -1.12. The summed E-state index contributed by atoms with van der Waals surface area (Å²) in [6.45, 7) is 2.31. The van der Waals surface area contributed by atoms with Crippen LogP contribution in [-0.2, 0) is 9.53 Å². The van der Waals surface area contributed by atoms with Gasteiger partial charge in [-0.15, -0.1) is 0 Å². The summed E-state index contributed by atoms with van der Waals surface area (Å²) in [6.07, 6.45) is 2.29. The summed E-state index contributed by atoms with van der Waals surface area (Å²) in [6, 6.07) is 2.37. The Bertz CT molecular complexity index is 231. The second kappa shape index (κ2) is 7.21. The van der Waals surface area contributed by atoms with Gasteiger partial charge in [0, 0.05) is 25.8 Å². The van der Waals surface area contributed by atoms with Crippen LogP contribution in [-0.4, -0.2) is 38.3 Å². The molecule has 0 spiro atoms. The number of hydrogen-bond acceptors (Lipinski definition) is 4. The molecule has 5 nitrogen and oxygen atoms in total. The Labute approximate surface area is 89.8 Å². The molecule has 1 aliphatic rings. The molecule has 5 heteroatoms. The van der Waals surface area contributed by atoms with Crippen molar-refractivity contribution < 1.29 is 9.53 Å². The second-order valence-electron chi connectivity index (χ2n) is 3.53. The van der Waals surface area contributed by atoms with Crippen molar-refractivity contribution in [3.8, 4) is 6.07 Å². The Morgan fingerprint density at radius 1 is 1.47 bits per heavy atom. The van der Waals surface area contributed by atoms with E-state index in [-0.39, 0.29) is 5.91 Å². The van der Waals surface area contributed by atoms with Gasteiger partial charge < -0.3 is 15.4 Å². The number of ether oxygens (including phenoxy) is 1. The molecular weight excluding hydrogens is 194 g/mol. The van der Waals surface area contributed by atoms with E-state index < -0.39 is 0 Å². The fourth-order valence-electron chi connectivity index (χ4n) is 1.46. The topological polar surface area (TPSA) is 74.2 Å². The fraction of sp³-hybridized carbons (Fsp3) is 0.800. The molecule has 0 unspecified atom stereocenters. The molecule has 0 aromatic carbocycles. The number of amides is 1. The highest BCUT2D eigenvalue weighted by Crippen LogP contribution is 2.05. The molecule has 84 valence electrons. The van der Waals surface area contributed by atoms with Crippen molar-refractivity contribution in [3.63, 3.8) is 0 Å². The predicted molar refractivity (Wildman–Crippen MR) is 55.1 cm³/mol. The third-order valence-corrected chi connectivity index (χ3v) is 2.33. The molecular formula is C10H17N3O2. The van der Waals surface area contributed by atoms with Crippen LogP contribution in [0.2, 0.25) is 0 Å². The minimum absolute atomic E-state index is 0.0447. The highest BCUT2D eigenvalue weighted by atomic mass is 16.5. The van der Waals surface area contributed by atoms with Crippen molar-refractivity contribution in [3.05, 3.63) is 0 Å². The molecule has 1 amide bonds. The summed E-state index contributed by atoms with van der Waals surface area (Å²) in [5.41, 5.74) is 0. The number of nitrogens with one attached hydrogen (secondary N) is 2. The van der Waals surface area contributed by atoms with E-state index in [0.717, 1.165) is 26.1 Å². The van der Waals surface area contributed by atoms with Crippen molar-refractivity contribution in [1.82, 2.24) is 10.6 Å². The average Bonchev–Trinajstić information content (AvgIpc) is 2.28. The van der Waals surface area contributed by atoms with Crippen LogP contribution in [0.4, 0.5) is 0 Å². The van der Waals surface area contributed by atoms with E-state index in [9.17, 15) is 4.79 Å². The number of nitrogens with zero attached hydrogens (tertiary/aromatic N) is 1. The molecule has 1 fully saturated rings. The summed E-state index contributed by atoms with van der Waals surface area (Å²) in [7, 11) is 0. The number of rotatable bonds is 5.